The van der Waals surface area contributed by atoms with Crippen molar-refractivity contribution in [1.82, 2.24) is 19.5 Å². The number of imidazole rings is 1. The molecule has 0 saturated carbocycles. The molecule has 0 amide bonds. The van der Waals surface area contributed by atoms with Crippen molar-refractivity contribution < 1.29 is 33.8 Å². The van der Waals surface area contributed by atoms with Gasteiger partial charge in [-0.15, -0.1) is 0 Å². The number of benzene rings is 1. The first-order chi connectivity index (χ1) is 14.5. The molecule has 4 rings (SSSR count). The average Bonchev–Trinajstić information content (AvgIpc) is 3.19. The summed E-state index contributed by atoms with van der Waals surface area (Å²) in [6, 6.07) is 7.14. The fourth-order valence-corrected chi connectivity index (χ4v) is 3.74. The second-order valence-corrected chi connectivity index (χ2v) is 8.37. The number of aliphatic hydroxyl groups excluding tert-OH is 2. The number of aromatic nitrogens is 4. The van der Waals surface area contributed by atoms with Gasteiger partial charge in [-0.3, -0.25) is 18.9 Å². The molecule has 0 spiro atoms. The van der Waals surface area contributed by atoms with Gasteiger partial charge in [-0.25, -0.2) is 9.55 Å². The summed E-state index contributed by atoms with van der Waals surface area (Å²) in [6.45, 7) is 1.22. The Labute approximate surface area is 174 Å². The number of aryl methyl sites for hydroxylation is 1. The zero-order valence-corrected chi connectivity index (χ0v) is 17.0. The highest BCUT2D eigenvalue weighted by atomic mass is 31.2. The maximum absolute atomic E-state index is 12.4. The summed E-state index contributed by atoms with van der Waals surface area (Å²) in [6.07, 6.45) is -5.65. The van der Waals surface area contributed by atoms with Crippen molar-refractivity contribution >= 4 is 24.9 Å². The quantitative estimate of drug-likeness (QED) is 0.269. The predicted octanol–water partition coefficient (Wildman–Crippen LogP) is -0.594. The van der Waals surface area contributed by atoms with E-state index in [-0.39, 0.29) is 22.9 Å². The molecule has 2 aromatic heterocycles. The van der Waals surface area contributed by atoms with Crippen LogP contribution >= 0.6 is 7.82 Å². The van der Waals surface area contributed by atoms with E-state index in [1.165, 1.54) is 4.57 Å². The number of nitrogens with zero attached hydrogens (tertiary/aromatic N) is 3. The Morgan fingerprint density at radius 1 is 1.23 bits per heavy atom. The monoisotopic (exact) mass is 453 g/mol. The van der Waals surface area contributed by atoms with Gasteiger partial charge >= 0.3 is 7.82 Å². The van der Waals surface area contributed by atoms with Crippen molar-refractivity contribution in [3.8, 4) is 11.4 Å². The third-order valence-corrected chi connectivity index (χ3v) is 5.36. The highest BCUT2D eigenvalue weighted by molar-refractivity contribution is 7.46. The summed E-state index contributed by atoms with van der Waals surface area (Å²) >= 11 is 0. The maximum atomic E-state index is 12.4. The Morgan fingerprint density at radius 3 is 2.55 bits per heavy atom. The SMILES string of the molecule is Cc1ccc(-c2nc3c(=O)[nH]c(N)nc3n2C2OC(COP(=O)(O)O)C(O)C2O)cc1. The van der Waals surface area contributed by atoms with E-state index in [9.17, 15) is 19.6 Å². The molecule has 3 aromatic rings. The number of rotatable bonds is 5. The average molecular weight is 453 g/mol. The molecular weight excluding hydrogens is 433 g/mol. The number of anilines is 1. The first kappa shape index (κ1) is 21.6. The number of phosphoric ester groups is 1. The van der Waals surface area contributed by atoms with Crippen LogP contribution in [0.25, 0.3) is 22.6 Å². The first-order valence-corrected chi connectivity index (χ1v) is 10.6. The largest absolute Gasteiger partial charge is 0.469 e. The lowest BCUT2D eigenvalue weighted by atomic mass is 10.1. The molecular formula is C17H20N5O8P. The highest BCUT2D eigenvalue weighted by Crippen LogP contribution is 2.40. The fraction of sp³-hybridized carbons (Fsp3) is 0.353. The van der Waals surface area contributed by atoms with Crippen LogP contribution in [0.3, 0.4) is 0 Å². The molecule has 14 heteroatoms. The second-order valence-electron chi connectivity index (χ2n) is 7.13. The lowest BCUT2D eigenvalue weighted by molar-refractivity contribution is -0.0496. The van der Waals surface area contributed by atoms with Gasteiger partial charge in [-0.2, -0.15) is 4.98 Å². The predicted molar refractivity (Wildman–Crippen MR) is 107 cm³/mol. The molecule has 166 valence electrons. The van der Waals surface area contributed by atoms with Crippen LogP contribution in [-0.2, 0) is 13.8 Å². The number of fused-ring (bicyclic) bond motifs is 1. The summed E-state index contributed by atoms with van der Waals surface area (Å²) in [5.74, 6) is 0.0231. The zero-order chi connectivity index (χ0) is 22.5. The van der Waals surface area contributed by atoms with Gasteiger partial charge in [0.2, 0.25) is 5.95 Å². The highest BCUT2D eigenvalue weighted by Gasteiger charge is 2.46. The Morgan fingerprint density at radius 2 is 1.90 bits per heavy atom. The summed E-state index contributed by atoms with van der Waals surface area (Å²) < 4.78 is 22.4. The van der Waals surface area contributed by atoms with Crippen molar-refractivity contribution in [3.63, 3.8) is 0 Å². The summed E-state index contributed by atoms with van der Waals surface area (Å²) in [7, 11) is -4.82. The molecule has 4 atom stereocenters. The van der Waals surface area contributed by atoms with Crippen LogP contribution in [0.15, 0.2) is 29.1 Å². The normalized spacial score (nSPS) is 24.2. The molecule has 0 bridgehead atoms. The number of nitrogens with one attached hydrogen (secondary N) is 1. The number of aliphatic hydroxyl groups is 2. The van der Waals surface area contributed by atoms with E-state index in [4.69, 9.17) is 20.3 Å². The minimum atomic E-state index is -4.82. The van der Waals surface area contributed by atoms with Crippen LogP contribution in [-0.4, -0.2) is 64.4 Å². The number of nitrogens with two attached hydrogens (primary N) is 1. The van der Waals surface area contributed by atoms with Crippen molar-refractivity contribution in [3.05, 3.63) is 40.2 Å². The molecule has 1 aliphatic rings. The van der Waals surface area contributed by atoms with Crippen LogP contribution < -0.4 is 11.3 Å². The minimum absolute atomic E-state index is 0.00429. The topological polar surface area (TPSA) is 206 Å². The van der Waals surface area contributed by atoms with Gasteiger partial charge in [0.25, 0.3) is 5.56 Å². The Kier molecular flexibility index (Phi) is 5.43. The van der Waals surface area contributed by atoms with Crippen LogP contribution in [0.1, 0.15) is 11.8 Å². The summed E-state index contributed by atoms with van der Waals surface area (Å²) in [5, 5.41) is 21.0. The van der Waals surface area contributed by atoms with Crippen molar-refractivity contribution in [2.45, 2.75) is 31.5 Å². The van der Waals surface area contributed by atoms with E-state index in [2.05, 4.69) is 19.5 Å². The summed E-state index contributed by atoms with van der Waals surface area (Å²) in [4.78, 5) is 41.0. The standard InChI is InChI=1S/C17H20N5O8P/c1-7-2-4-8(5-3-7)13-19-10-14(20-17(18)21-15(10)25)22(13)16-12(24)11(23)9(30-16)6-29-31(26,27)28/h2-5,9,11-12,16,23-24H,6H2,1H3,(H2,26,27,28)(H3,18,20,21,25). The first-order valence-electron chi connectivity index (χ1n) is 9.11. The van der Waals surface area contributed by atoms with Crippen molar-refractivity contribution in [2.24, 2.45) is 0 Å². The van der Waals surface area contributed by atoms with E-state index in [0.29, 0.717) is 5.56 Å². The van der Waals surface area contributed by atoms with Gasteiger partial charge < -0.3 is 30.5 Å². The number of aromatic amines is 1. The van der Waals surface area contributed by atoms with Gasteiger partial charge in [0.05, 0.1) is 6.61 Å². The Bertz CT molecular complexity index is 1220. The molecule has 13 nitrogen and oxygen atoms in total. The van der Waals surface area contributed by atoms with Gasteiger partial charge in [0.1, 0.15) is 24.1 Å². The molecule has 1 fully saturated rings. The number of H-pyrrole nitrogens is 1. The molecule has 1 saturated heterocycles. The fourth-order valence-electron chi connectivity index (χ4n) is 3.40. The second kappa shape index (κ2) is 7.80. The van der Waals surface area contributed by atoms with E-state index < -0.39 is 44.5 Å². The van der Waals surface area contributed by atoms with Crippen LogP contribution in [0.2, 0.25) is 0 Å². The lowest BCUT2D eigenvalue weighted by Gasteiger charge is -2.19. The van der Waals surface area contributed by atoms with Gasteiger partial charge in [-0.1, -0.05) is 29.8 Å². The number of phosphoric acid groups is 1. The third-order valence-electron chi connectivity index (χ3n) is 4.88. The van der Waals surface area contributed by atoms with Gasteiger partial charge in [0.15, 0.2) is 17.4 Å². The minimum Gasteiger partial charge on any atom is -0.387 e. The van der Waals surface area contributed by atoms with Crippen LogP contribution in [0.4, 0.5) is 5.95 Å². The molecule has 31 heavy (non-hydrogen) atoms. The Balaban J connectivity index is 1.84. The smallest absolute Gasteiger partial charge is 0.387 e. The van der Waals surface area contributed by atoms with E-state index in [1.54, 1.807) is 12.1 Å². The molecule has 1 aliphatic heterocycles. The molecule has 0 radical (unpaired) electrons. The summed E-state index contributed by atoms with van der Waals surface area (Å²) in [5.41, 5.74) is 6.56. The van der Waals surface area contributed by atoms with E-state index >= 15 is 0 Å². The van der Waals surface area contributed by atoms with Crippen LogP contribution in [0.5, 0.6) is 0 Å². The molecule has 0 aliphatic carbocycles. The molecule has 3 heterocycles. The van der Waals surface area contributed by atoms with E-state index in [0.717, 1.165) is 5.56 Å². The molecule has 1 aromatic carbocycles. The zero-order valence-electron chi connectivity index (χ0n) is 16.1. The molecule has 7 N–H and O–H groups in total. The lowest BCUT2D eigenvalue weighted by Crippen LogP contribution is -2.33. The number of nitrogen functional groups attached to an aromatic ring is 1. The van der Waals surface area contributed by atoms with Gasteiger partial charge in [0, 0.05) is 5.56 Å². The number of hydrogen-bond acceptors (Lipinski definition) is 9. The number of ether oxygens (including phenoxy) is 1. The third kappa shape index (κ3) is 4.12. The van der Waals surface area contributed by atoms with Crippen LogP contribution in [0, 0.1) is 6.92 Å². The Hall–Kier alpha value is -2.64. The van der Waals surface area contributed by atoms with Crippen molar-refractivity contribution in [2.75, 3.05) is 12.3 Å². The van der Waals surface area contributed by atoms with E-state index in [1.807, 2.05) is 19.1 Å². The van der Waals surface area contributed by atoms with Gasteiger partial charge in [-0.05, 0) is 6.92 Å². The number of hydrogen-bond donors (Lipinski definition) is 6. The molecule has 4 unspecified atom stereocenters. The maximum Gasteiger partial charge on any atom is 0.469 e. The van der Waals surface area contributed by atoms with Crippen molar-refractivity contribution in [1.29, 1.82) is 0 Å².